The van der Waals surface area contributed by atoms with Gasteiger partial charge in [-0.05, 0) is 66.8 Å². The topological polar surface area (TPSA) is 108 Å². The maximum Gasteiger partial charge on any atom is 0.418 e. The number of amides is 5. The second-order valence-electron chi connectivity index (χ2n) is 10.4. The molecule has 37 heavy (non-hydrogen) atoms. The Kier molecular flexibility index (Phi) is 5.66. The molecular formula is C28H30N4O5. The highest BCUT2D eigenvalue weighted by Gasteiger charge is 2.58. The third-order valence-corrected chi connectivity index (χ3v) is 8.19. The summed E-state index contributed by atoms with van der Waals surface area (Å²) in [6.45, 7) is 0.165. The van der Waals surface area contributed by atoms with E-state index < -0.39 is 17.6 Å². The molecule has 2 aliphatic carbocycles. The molecule has 2 fully saturated rings. The largest absolute Gasteiger partial charge is 0.427 e. The third kappa shape index (κ3) is 4.02. The van der Waals surface area contributed by atoms with Crippen molar-refractivity contribution in [1.29, 1.82) is 0 Å². The van der Waals surface area contributed by atoms with Crippen LogP contribution in [-0.2, 0) is 39.3 Å². The summed E-state index contributed by atoms with van der Waals surface area (Å²) in [5, 5.41) is 5.22. The van der Waals surface area contributed by atoms with Crippen LogP contribution < -0.4 is 10.6 Å². The lowest BCUT2D eigenvalue weighted by Gasteiger charge is -2.31. The maximum absolute atomic E-state index is 13.7. The minimum atomic E-state index is -1.42. The number of benzene rings is 2. The first kappa shape index (κ1) is 23.5. The number of hydrogen-bond acceptors (Lipinski definition) is 5. The van der Waals surface area contributed by atoms with E-state index in [1.165, 1.54) is 12.6 Å². The zero-order valence-corrected chi connectivity index (χ0v) is 20.8. The average Bonchev–Trinajstić information content (AvgIpc) is 3.66. The molecule has 2 N–H and O–H groups in total. The number of fused-ring (bicyclic) bond motifs is 3. The van der Waals surface area contributed by atoms with Crippen LogP contribution >= 0.6 is 0 Å². The van der Waals surface area contributed by atoms with Crippen molar-refractivity contribution >= 4 is 29.6 Å². The van der Waals surface area contributed by atoms with Crippen molar-refractivity contribution in [3.8, 4) is 0 Å². The number of anilines is 1. The Balaban J connectivity index is 1.23. The van der Waals surface area contributed by atoms with Gasteiger partial charge in [0.25, 0.3) is 5.91 Å². The number of rotatable bonds is 4. The van der Waals surface area contributed by atoms with Crippen molar-refractivity contribution in [2.45, 2.75) is 56.7 Å². The van der Waals surface area contributed by atoms with Gasteiger partial charge >= 0.3 is 12.1 Å². The fraction of sp³-hybridized carbons (Fsp3) is 0.429. The molecule has 9 heteroatoms. The number of aryl methyl sites for hydroxylation is 2. The molecule has 0 radical (unpaired) electrons. The fourth-order valence-corrected chi connectivity index (χ4v) is 6.11. The SMILES string of the molecule is CNC(=O)Nc1ccc2c(c1)CC[C@]21OC(=O)N(CC(=O)N2Cc3ccccc3CC[C@H]2C2CC2)C1=O. The van der Waals surface area contributed by atoms with Crippen LogP contribution in [0.4, 0.5) is 15.3 Å². The van der Waals surface area contributed by atoms with Crippen LogP contribution in [0, 0.1) is 5.92 Å². The van der Waals surface area contributed by atoms with Crippen LogP contribution in [0.1, 0.15) is 47.9 Å². The highest BCUT2D eigenvalue weighted by molar-refractivity contribution is 6.06. The van der Waals surface area contributed by atoms with Gasteiger partial charge < -0.3 is 20.3 Å². The number of imide groups is 1. The highest BCUT2D eigenvalue weighted by Crippen LogP contribution is 2.46. The second-order valence-corrected chi connectivity index (χ2v) is 10.4. The molecule has 4 aliphatic rings. The summed E-state index contributed by atoms with van der Waals surface area (Å²) in [6, 6.07) is 13.1. The lowest BCUT2D eigenvalue weighted by Crippen LogP contribution is -2.48. The van der Waals surface area contributed by atoms with Gasteiger partial charge in [-0.25, -0.2) is 14.5 Å². The molecule has 1 spiro atoms. The number of carbonyl (C=O) groups excluding carboxylic acids is 4. The quantitative estimate of drug-likeness (QED) is 0.667. The molecule has 2 aliphatic heterocycles. The first-order valence-corrected chi connectivity index (χ1v) is 12.9. The molecule has 1 saturated carbocycles. The summed E-state index contributed by atoms with van der Waals surface area (Å²) >= 11 is 0. The lowest BCUT2D eigenvalue weighted by molar-refractivity contribution is -0.143. The Morgan fingerprint density at radius 3 is 2.57 bits per heavy atom. The van der Waals surface area contributed by atoms with E-state index >= 15 is 0 Å². The normalized spacial score (nSPS) is 24.4. The Hall–Kier alpha value is -3.88. The van der Waals surface area contributed by atoms with Gasteiger partial charge in [-0.1, -0.05) is 30.3 Å². The zero-order chi connectivity index (χ0) is 25.7. The van der Waals surface area contributed by atoms with Crippen LogP contribution in [0.25, 0.3) is 0 Å². The minimum Gasteiger partial charge on any atom is -0.427 e. The number of ether oxygens (including phenoxy) is 1. The van der Waals surface area contributed by atoms with E-state index in [0.29, 0.717) is 36.6 Å². The molecule has 0 aromatic heterocycles. The monoisotopic (exact) mass is 502 g/mol. The number of nitrogens with zero attached hydrogens (tertiary/aromatic N) is 2. The fourth-order valence-electron chi connectivity index (χ4n) is 6.11. The molecule has 2 heterocycles. The Morgan fingerprint density at radius 2 is 1.81 bits per heavy atom. The van der Waals surface area contributed by atoms with Crippen molar-refractivity contribution in [2.24, 2.45) is 5.92 Å². The van der Waals surface area contributed by atoms with E-state index in [1.54, 1.807) is 18.2 Å². The number of hydrogen-bond donors (Lipinski definition) is 2. The van der Waals surface area contributed by atoms with E-state index in [2.05, 4.69) is 22.8 Å². The van der Waals surface area contributed by atoms with Crippen LogP contribution in [0.15, 0.2) is 42.5 Å². The van der Waals surface area contributed by atoms with Gasteiger partial charge in [0.05, 0.1) is 0 Å². The van der Waals surface area contributed by atoms with Crippen LogP contribution in [0.2, 0.25) is 0 Å². The zero-order valence-electron chi connectivity index (χ0n) is 20.8. The number of carbonyl (C=O) groups is 4. The van der Waals surface area contributed by atoms with Gasteiger partial charge in [0.2, 0.25) is 11.5 Å². The highest BCUT2D eigenvalue weighted by atomic mass is 16.6. The Morgan fingerprint density at radius 1 is 1.03 bits per heavy atom. The minimum absolute atomic E-state index is 0.112. The summed E-state index contributed by atoms with van der Waals surface area (Å²) in [6.07, 6.45) is 4.06. The first-order valence-electron chi connectivity index (χ1n) is 12.9. The maximum atomic E-state index is 13.7. The number of nitrogens with one attached hydrogen (secondary N) is 2. The molecule has 6 rings (SSSR count). The van der Waals surface area contributed by atoms with E-state index in [0.717, 1.165) is 41.7 Å². The van der Waals surface area contributed by atoms with E-state index in [4.69, 9.17) is 4.74 Å². The predicted octanol–water partition coefficient (Wildman–Crippen LogP) is 3.31. The van der Waals surface area contributed by atoms with Gasteiger partial charge in [-0.2, -0.15) is 0 Å². The van der Waals surface area contributed by atoms with Crippen LogP contribution in [-0.4, -0.2) is 53.4 Å². The van der Waals surface area contributed by atoms with Crippen molar-refractivity contribution in [1.82, 2.24) is 15.1 Å². The number of urea groups is 1. The molecule has 1 saturated heterocycles. The predicted molar refractivity (Wildman–Crippen MR) is 135 cm³/mol. The van der Waals surface area contributed by atoms with Crippen molar-refractivity contribution in [2.75, 3.05) is 18.9 Å². The van der Waals surface area contributed by atoms with E-state index in [9.17, 15) is 19.2 Å². The van der Waals surface area contributed by atoms with Gasteiger partial charge in [0.15, 0.2) is 0 Å². The molecule has 192 valence electrons. The van der Waals surface area contributed by atoms with Gasteiger partial charge in [0, 0.05) is 37.3 Å². The molecule has 5 amide bonds. The summed E-state index contributed by atoms with van der Waals surface area (Å²) < 4.78 is 5.73. The first-order chi connectivity index (χ1) is 17.9. The molecule has 2 aromatic carbocycles. The summed E-state index contributed by atoms with van der Waals surface area (Å²) in [5.74, 6) is -0.237. The van der Waals surface area contributed by atoms with Crippen LogP contribution in [0.5, 0.6) is 0 Å². The van der Waals surface area contributed by atoms with E-state index in [-0.39, 0.29) is 24.5 Å². The van der Waals surface area contributed by atoms with Gasteiger partial charge in [-0.15, -0.1) is 0 Å². The molecule has 9 nitrogen and oxygen atoms in total. The molecule has 0 bridgehead atoms. The van der Waals surface area contributed by atoms with Gasteiger partial charge in [0.1, 0.15) is 6.54 Å². The van der Waals surface area contributed by atoms with E-state index in [1.807, 2.05) is 17.0 Å². The van der Waals surface area contributed by atoms with Crippen molar-refractivity contribution in [3.05, 3.63) is 64.7 Å². The second kappa shape index (κ2) is 8.90. The van der Waals surface area contributed by atoms with Gasteiger partial charge in [-0.3, -0.25) is 9.59 Å². The Labute approximate surface area is 215 Å². The molecule has 0 unspecified atom stereocenters. The molecular weight excluding hydrogens is 472 g/mol. The molecule has 2 aromatic rings. The average molecular weight is 503 g/mol. The van der Waals surface area contributed by atoms with Crippen molar-refractivity contribution < 1.29 is 23.9 Å². The summed E-state index contributed by atoms with van der Waals surface area (Å²) in [4.78, 5) is 54.8. The van der Waals surface area contributed by atoms with Crippen LogP contribution in [0.3, 0.4) is 0 Å². The summed E-state index contributed by atoms with van der Waals surface area (Å²) in [5.41, 5.74) is 3.00. The molecule has 2 atom stereocenters. The van der Waals surface area contributed by atoms with Crippen molar-refractivity contribution in [3.63, 3.8) is 0 Å². The standard InChI is InChI=1S/C28H30N4O5/c1-29-26(35)30-21-9-10-22-19(14-21)12-13-28(22)25(34)32(27(36)37-28)16-24(33)31-15-20-5-3-2-4-17(20)8-11-23(31)18-6-7-18/h2-5,9-10,14,18,23H,6-8,11-13,15-16H2,1H3,(H2,29,30,35)/t23-,28-/m0/s1. The Bertz CT molecular complexity index is 1310. The summed E-state index contributed by atoms with van der Waals surface area (Å²) in [7, 11) is 1.53. The smallest absolute Gasteiger partial charge is 0.418 e. The lowest BCUT2D eigenvalue weighted by atomic mass is 9.94. The third-order valence-electron chi connectivity index (χ3n) is 8.19.